The molecule has 2 fully saturated rings. The average Bonchev–Trinajstić information content (AvgIpc) is 3.43. The molecule has 3 N–H and O–H groups in total. The Bertz CT molecular complexity index is 1180. The minimum absolute atomic E-state index is 0.173. The molecule has 1 heterocycles. The van der Waals surface area contributed by atoms with Gasteiger partial charge in [0.05, 0.1) is 7.11 Å². The Labute approximate surface area is 188 Å². The molecule has 3 aromatic carbocycles. The molecule has 1 amide bonds. The van der Waals surface area contributed by atoms with Crippen molar-refractivity contribution in [3.8, 4) is 11.5 Å². The Hall–Kier alpha value is -3.05. The van der Waals surface area contributed by atoms with E-state index in [1.807, 2.05) is 13.0 Å². The third-order valence-electron chi connectivity index (χ3n) is 7.11. The standard InChI is InChI=1S/C27H30N2O3/c1-17-23(26(28)30)13-21(32-16-19-7-5-11-29-19)15-24(17)27(9-10-27)25-14-20(31-2)12-18-6-3-4-8-22(18)25/h3-4,6,8,12-15,19,29H,5,7,9-11,16H2,1-2H3,(H2,28,30). The van der Waals surface area contributed by atoms with E-state index in [0.717, 1.165) is 48.1 Å². The van der Waals surface area contributed by atoms with Crippen LogP contribution < -0.4 is 20.5 Å². The van der Waals surface area contributed by atoms with E-state index in [2.05, 4.69) is 41.7 Å². The van der Waals surface area contributed by atoms with Crippen LogP contribution >= 0.6 is 0 Å². The van der Waals surface area contributed by atoms with Gasteiger partial charge in [0.15, 0.2) is 0 Å². The molecule has 0 bridgehead atoms. The molecule has 0 radical (unpaired) electrons. The van der Waals surface area contributed by atoms with Crippen LogP contribution in [0.15, 0.2) is 48.5 Å². The molecular formula is C27H30N2O3. The first-order valence-corrected chi connectivity index (χ1v) is 11.4. The zero-order valence-electron chi connectivity index (χ0n) is 18.7. The van der Waals surface area contributed by atoms with Crippen molar-refractivity contribution < 1.29 is 14.3 Å². The Kier molecular flexibility index (Phi) is 5.30. The maximum Gasteiger partial charge on any atom is 0.249 e. The van der Waals surface area contributed by atoms with Crippen LogP contribution in [0.4, 0.5) is 0 Å². The van der Waals surface area contributed by atoms with Gasteiger partial charge < -0.3 is 20.5 Å². The van der Waals surface area contributed by atoms with Gasteiger partial charge in [0.1, 0.15) is 18.1 Å². The van der Waals surface area contributed by atoms with Crippen LogP contribution in [0.3, 0.4) is 0 Å². The first-order chi connectivity index (χ1) is 15.5. The number of amides is 1. The number of carbonyl (C=O) groups is 1. The average molecular weight is 431 g/mol. The van der Waals surface area contributed by atoms with Gasteiger partial charge >= 0.3 is 0 Å². The second kappa shape index (κ2) is 8.14. The number of methoxy groups -OCH3 is 1. The number of nitrogens with two attached hydrogens (primary N) is 1. The lowest BCUT2D eigenvalue weighted by Gasteiger charge is -2.24. The van der Waals surface area contributed by atoms with E-state index in [4.69, 9.17) is 15.2 Å². The van der Waals surface area contributed by atoms with Gasteiger partial charge in [0.25, 0.3) is 0 Å². The lowest BCUT2D eigenvalue weighted by atomic mass is 9.81. The summed E-state index contributed by atoms with van der Waals surface area (Å²) in [4.78, 5) is 12.3. The van der Waals surface area contributed by atoms with Gasteiger partial charge in [-0.25, -0.2) is 0 Å². The molecule has 3 aromatic rings. The second-order valence-electron chi connectivity index (χ2n) is 9.09. The van der Waals surface area contributed by atoms with Crippen molar-refractivity contribution >= 4 is 16.7 Å². The topological polar surface area (TPSA) is 73.6 Å². The van der Waals surface area contributed by atoms with Crippen molar-refractivity contribution in [2.75, 3.05) is 20.3 Å². The highest BCUT2D eigenvalue weighted by Gasteiger charge is 2.48. The Morgan fingerprint density at radius 3 is 2.59 bits per heavy atom. The largest absolute Gasteiger partial charge is 0.497 e. The van der Waals surface area contributed by atoms with Crippen LogP contribution in [-0.4, -0.2) is 32.2 Å². The lowest BCUT2D eigenvalue weighted by Crippen LogP contribution is -2.28. The van der Waals surface area contributed by atoms with Gasteiger partial charge in [-0.3, -0.25) is 4.79 Å². The molecule has 1 unspecified atom stereocenters. The minimum Gasteiger partial charge on any atom is -0.497 e. The number of primary amides is 1. The Morgan fingerprint density at radius 2 is 1.91 bits per heavy atom. The summed E-state index contributed by atoms with van der Waals surface area (Å²) in [6.45, 7) is 3.63. The fourth-order valence-corrected chi connectivity index (χ4v) is 5.23. The molecule has 32 heavy (non-hydrogen) atoms. The summed E-state index contributed by atoms with van der Waals surface area (Å²) < 4.78 is 11.8. The van der Waals surface area contributed by atoms with Crippen molar-refractivity contribution in [2.45, 2.75) is 44.1 Å². The maximum atomic E-state index is 12.3. The van der Waals surface area contributed by atoms with Crippen LogP contribution in [0.25, 0.3) is 10.8 Å². The van der Waals surface area contributed by atoms with Crippen LogP contribution in [0.2, 0.25) is 0 Å². The van der Waals surface area contributed by atoms with Crippen molar-refractivity contribution in [1.82, 2.24) is 5.32 Å². The van der Waals surface area contributed by atoms with E-state index in [1.165, 1.54) is 17.4 Å². The summed E-state index contributed by atoms with van der Waals surface area (Å²) in [5, 5.41) is 5.83. The minimum atomic E-state index is -0.417. The summed E-state index contributed by atoms with van der Waals surface area (Å²) in [6.07, 6.45) is 4.31. The Morgan fingerprint density at radius 1 is 1.12 bits per heavy atom. The van der Waals surface area contributed by atoms with Crippen molar-refractivity contribution in [3.63, 3.8) is 0 Å². The molecule has 2 aliphatic rings. The van der Waals surface area contributed by atoms with Gasteiger partial charge in [-0.05, 0) is 90.9 Å². The SMILES string of the molecule is COc1cc(C2(c3cc(OCC4CCCN4)cc(C(N)=O)c3C)CC2)c2ccccc2c1. The Balaban J connectivity index is 1.62. The summed E-state index contributed by atoms with van der Waals surface area (Å²) >= 11 is 0. The summed E-state index contributed by atoms with van der Waals surface area (Å²) in [5.74, 6) is 1.14. The monoisotopic (exact) mass is 430 g/mol. The van der Waals surface area contributed by atoms with E-state index < -0.39 is 5.91 Å². The van der Waals surface area contributed by atoms with E-state index in [0.29, 0.717) is 24.0 Å². The van der Waals surface area contributed by atoms with Crippen LogP contribution in [0.1, 0.15) is 52.7 Å². The molecule has 5 heteroatoms. The number of carbonyl (C=O) groups excluding carboxylic acids is 1. The number of nitrogens with one attached hydrogen (secondary N) is 1. The molecule has 1 atom stereocenters. The molecular weight excluding hydrogens is 400 g/mol. The van der Waals surface area contributed by atoms with Gasteiger partial charge in [-0.15, -0.1) is 0 Å². The van der Waals surface area contributed by atoms with Crippen molar-refractivity contribution in [3.05, 3.63) is 70.8 Å². The van der Waals surface area contributed by atoms with Gasteiger partial charge in [-0.2, -0.15) is 0 Å². The van der Waals surface area contributed by atoms with E-state index in [9.17, 15) is 4.79 Å². The quantitative estimate of drug-likeness (QED) is 0.580. The summed E-state index contributed by atoms with van der Waals surface area (Å²) in [7, 11) is 1.70. The third-order valence-corrected chi connectivity index (χ3v) is 7.11. The van der Waals surface area contributed by atoms with Gasteiger partial charge in [-0.1, -0.05) is 24.3 Å². The predicted octanol–water partition coefficient (Wildman–Crippen LogP) is 4.47. The molecule has 5 rings (SSSR count). The highest BCUT2D eigenvalue weighted by molar-refractivity contribution is 5.96. The number of rotatable bonds is 7. The first-order valence-electron chi connectivity index (χ1n) is 11.4. The van der Waals surface area contributed by atoms with E-state index >= 15 is 0 Å². The molecule has 0 aromatic heterocycles. The van der Waals surface area contributed by atoms with Crippen LogP contribution in [-0.2, 0) is 5.41 Å². The number of ether oxygens (including phenoxy) is 2. The fraction of sp³-hybridized carbons (Fsp3) is 0.370. The summed E-state index contributed by atoms with van der Waals surface area (Å²) in [5.41, 5.74) is 9.45. The second-order valence-corrected chi connectivity index (χ2v) is 9.09. The highest BCUT2D eigenvalue weighted by atomic mass is 16.5. The molecule has 5 nitrogen and oxygen atoms in total. The molecule has 0 spiro atoms. The summed E-state index contributed by atoms with van der Waals surface area (Å²) in [6, 6.07) is 16.9. The van der Waals surface area contributed by atoms with Gasteiger partial charge in [0.2, 0.25) is 5.91 Å². The molecule has 166 valence electrons. The predicted molar refractivity (Wildman–Crippen MR) is 127 cm³/mol. The smallest absolute Gasteiger partial charge is 0.249 e. The molecule has 1 aliphatic heterocycles. The fourth-order valence-electron chi connectivity index (χ4n) is 5.23. The molecule has 1 aliphatic carbocycles. The van der Waals surface area contributed by atoms with Crippen LogP contribution in [0.5, 0.6) is 11.5 Å². The zero-order chi connectivity index (χ0) is 22.3. The number of hydrogen-bond acceptors (Lipinski definition) is 4. The number of fused-ring (bicyclic) bond motifs is 1. The first kappa shape index (κ1) is 20.8. The lowest BCUT2D eigenvalue weighted by molar-refractivity contribution is 0.0999. The van der Waals surface area contributed by atoms with Crippen molar-refractivity contribution in [1.29, 1.82) is 0 Å². The molecule has 1 saturated heterocycles. The third kappa shape index (κ3) is 3.61. The maximum absolute atomic E-state index is 12.3. The van der Waals surface area contributed by atoms with E-state index in [1.54, 1.807) is 13.2 Å². The number of hydrogen-bond donors (Lipinski definition) is 2. The van der Waals surface area contributed by atoms with E-state index in [-0.39, 0.29) is 5.41 Å². The zero-order valence-corrected chi connectivity index (χ0v) is 18.7. The van der Waals surface area contributed by atoms with Crippen molar-refractivity contribution in [2.24, 2.45) is 5.73 Å². The normalized spacial score (nSPS) is 19.1. The van der Waals surface area contributed by atoms with Gasteiger partial charge in [0, 0.05) is 17.0 Å². The molecule has 1 saturated carbocycles. The van der Waals surface area contributed by atoms with Crippen LogP contribution in [0, 0.1) is 6.92 Å². The number of benzene rings is 3. The highest BCUT2D eigenvalue weighted by Crippen LogP contribution is 2.57.